The first-order valence-electron chi connectivity index (χ1n) is 13.6. The van der Waals surface area contributed by atoms with E-state index in [-0.39, 0.29) is 10.9 Å². The molecule has 37 heavy (non-hydrogen) atoms. The van der Waals surface area contributed by atoms with Gasteiger partial charge >= 0.3 is 0 Å². The molecule has 5 rings (SSSR count). The maximum absolute atomic E-state index is 12.6. The van der Waals surface area contributed by atoms with Crippen LogP contribution in [0.4, 0.5) is 10.1 Å². The highest BCUT2D eigenvalue weighted by atomic mass is 35.5. The molecule has 0 aromatic heterocycles. The molecule has 1 heterocycles. The van der Waals surface area contributed by atoms with Crippen LogP contribution in [-0.2, 0) is 10.2 Å². The van der Waals surface area contributed by atoms with E-state index in [0.717, 1.165) is 23.3 Å². The molecule has 3 atom stereocenters. The summed E-state index contributed by atoms with van der Waals surface area (Å²) in [6.45, 7) is 12.4. The molecule has 1 amide bonds. The third-order valence-corrected chi connectivity index (χ3v) is 8.31. The zero-order valence-electron chi connectivity index (χ0n) is 22.7. The smallest absolute Gasteiger partial charge is 0.221 e. The Kier molecular flexibility index (Phi) is 10.6. The first-order valence-corrected chi connectivity index (χ1v) is 14.0. The van der Waals surface area contributed by atoms with Crippen LogP contribution in [0, 0.1) is 34.9 Å². The summed E-state index contributed by atoms with van der Waals surface area (Å²) in [6, 6.07) is 14.6. The number of benzene rings is 2. The van der Waals surface area contributed by atoms with Gasteiger partial charge in [-0.25, -0.2) is 4.39 Å². The van der Waals surface area contributed by atoms with E-state index in [0.29, 0.717) is 11.1 Å². The molecule has 2 unspecified atom stereocenters. The zero-order valence-corrected chi connectivity index (χ0v) is 23.5. The van der Waals surface area contributed by atoms with E-state index in [1.54, 1.807) is 0 Å². The fraction of sp³-hybridized carbons (Fsp3) is 0.548. The minimum atomic E-state index is -0.495. The Morgan fingerprint density at radius 1 is 1.27 bits per heavy atom. The maximum atomic E-state index is 12.6. The van der Waals surface area contributed by atoms with Crippen LogP contribution in [0.25, 0.3) is 0 Å². The number of halogens is 2. The molecule has 2 saturated carbocycles. The van der Waals surface area contributed by atoms with E-state index >= 15 is 0 Å². The average Bonchev–Trinajstić information content (AvgIpc) is 3.59. The van der Waals surface area contributed by atoms with E-state index < -0.39 is 5.82 Å². The van der Waals surface area contributed by atoms with Crippen molar-refractivity contribution in [1.29, 1.82) is 5.26 Å². The van der Waals surface area contributed by atoms with Crippen LogP contribution < -0.4 is 5.32 Å². The third kappa shape index (κ3) is 8.03. The molecule has 3 fully saturated rings. The van der Waals surface area contributed by atoms with Gasteiger partial charge in [-0.1, -0.05) is 44.5 Å². The molecule has 200 valence electrons. The number of carbonyl (C=O) groups excluding carboxylic acids is 1. The summed E-state index contributed by atoms with van der Waals surface area (Å²) >= 11 is 5.47. The van der Waals surface area contributed by atoms with Gasteiger partial charge in [-0.05, 0) is 117 Å². The number of anilines is 1. The van der Waals surface area contributed by atoms with Crippen molar-refractivity contribution < 1.29 is 9.18 Å². The molecule has 0 spiro atoms. The molecular formula is C31H41ClFN3O. The van der Waals surface area contributed by atoms with E-state index in [1.807, 2.05) is 12.1 Å². The molecule has 4 nitrogen and oxygen atoms in total. The van der Waals surface area contributed by atoms with Crippen molar-refractivity contribution in [1.82, 2.24) is 4.90 Å². The van der Waals surface area contributed by atoms with Crippen LogP contribution in [0.5, 0.6) is 0 Å². The van der Waals surface area contributed by atoms with Crippen LogP contribution in [0.3, 0.4) is 0 Å². The largest absolute Gasteiger partial charge is 0.326 e. The Balaban J connectivity index is 0.000000172. The lowest BCUT2D eigenvalue weighted by Crippen LogP contribution is -2.37. The number of nitrogens with one attached hydrogen (secondary N) is 1. The molecule has 2 aromatic rings. The van der Waals surface area contributed by atoms with Crippen LogP contribution in [-0.4, -0.2) is 30.4 Å². The Labute approximate surface area is 227 Å². The van der Waals surface area contributed by atoms with Crippen LogP contribution in [0.2, 0.25) is 5.02 Å². The van der Waals surface area contributed by atoms with Crippen molar-refractivity contribution in [3.63, 3.8) is 0 Å². The minimum absolute atomic E-state index is 0.00116. The summed E-state index contributed by atoms with van der Waals surface area (Å²) in [5.74, 6) is 1.93. The normalized spacial score (nSPS) is 23.7. The quantitative estimate of drug-likeness (QED) is 0.433. The van der Waals surface area contributed by atoms with E-state index in [4.69, 9.17) is 16.9 Å². The Hall–Kier alpha value is -2.42. The summed E-state index contributed by atoms with van der Waals surface area (Å²) in [5.41, 5.74) is 3.18. The average molecular weight is 526 g/mol. The van der Waals surface area contributed by atoms with Crippen molar-refractivity contribution in [2.75, 3.05) is 25.0 Å². The topological polar surface area (TPSA) is 56.1 Å². The highest BCUT2D eigenvalue weighted by Crippen LogP contribution is 2.64. The lowest BCUT2D eigenvalue weighted by Gasteiger charge is -2.31. The monoisotopic (exact) mass is 525 g/mol. The lowest BCUT2D eigenvalue weighted by atomic mass is 9.74. The first-order chi connectivity index (χ1) is 17.7. The predicted molar refractivity (Wildman–Crippen MR) is 150 cm³/mol. The van der Waals surface area contributed by atoms with Crippen molar-refractivity contribution in [3.05, 3.63) is 64.4 Å². The standard InChI is InChI=1S/C17H21N.C8H7ClFNO.C6H13N/c1-12(2)14-6-7-17(10-16(17)9-14)15-5-3-4-13(8-15)11-18;1-5(12)11-6-2-3-8(10)7(9)4-6;1-2-4-7-5-3-6-7/h3-5,8,12,14,16H,6-7,9-10H2,1-2H3;2-4H,1H3,(H,11,12);2-6H2,1H3/t14?,16?,17-;;/m1../s1. The summed E-state index contributed by atoms with van der Waals surface area (Å²) in [4.78, 5) is 13.0. The van der Waals surface area contributed by atoms with Gasteiger partial charge in [0, 0.05) is 12.6 Å². The van der Waals surface area contributed by atoms with Gasteiger partial charge < -0.3 is 10.2 Å². The number of amides is 1. The molecule has 6 heteroatoms. The molecule has 0 radical (unpaired) electrons. The van der Waals surface area contributed by atoms with E-state index in [9.17, 15) is 9.18 Å². The number of hydrogen-bond donors (Lipinski definition) is 1. The summed E-state index contributed by atoms with van der Waals surface area (Å²) in [6.07, 6.45) is 8.19. The first kappa shape index (κ1) is 29.1. The predicted octanol–water partition coefficient (Wildman–Crippen LogP) is 7.81. The highest BCUT2D eigenvalue weighted by molar-refractivity contribution is 6.31. The van der Waals surface area contributed by atoms with Gasteiger partial charge in [0.2, 0.25) is 5.91 Å². The molecule has 1 saturated heterocycles. The van der Waals surface area contributed by atoms with Crippen LogP contribution >= 0.6 is 11.6 Å². The summed E-state index contributed by atoms with van der Waals surface area (Å²) < 4.78 is 12.6. The number of carbonyl (C=O) groups is 1. The van der Waals surface area contributed by atoms with E-state index in [2.05, 4.69) is 49.2 Å². The molecule has 2 aliphatic carbocycles. The minimum Gasteiger partial charge on any atom is -0.326 e. The van der Waals surface area contributed by atoms with Crippen LogP contribution in [0.15, 0.2) is 42.5 Å². The number of likely N-dealkylation sites (tertiary alicyclic amines) is 1. The van der Waals surface area contributed by atoms with Gasteiger partial charge in [-0.3, -0.25) is 4.79 Å². The van der Waals surface area contributed by atoms with Crippen molar-refractivity contribution >= 4 is 23.2 Å². The van der Waals surface area contributed by atoms with Crippen molar-refractivity contribution in [2.24, 2.45) is 17.8 Å². The molecule has 2 aromatic carbocycles. The van der Waals surface area contributed by atoms with Gasteiger partial charge in [-0.2, -0.15) is 5.26 Å². The summed E-state index contributed by atoms with van der Waals surface area (Å²) in [7, 11) is 0. The second kappa shape index (κ2) is 13.4. The molecule has 3 aliphatic rings. The Morgan fingerprint density at radius 2 is 2.03 bits per heavy atom. The second-order valence-electron chi connectivity index (χ2n) is 11.0. The Bertz CT molecular complexity index is 1090. The second-order valence-corrected chi connectivity index (χ2v) is 11.4. The maximum Gasteiger partial charge on any atom is 0.221 e. The summed E-state index contributed by atoms with van der Waals surface area (Å²) in [5, 5.41) is 11.5. The lowest BCUT2D eigenvalue weighted by molar-refractivity contribution is -0.114. The number of hydrogen-bond acceptors (Lipinski definition) is 3. The SMILES string of the molecule is CC(=O)Nc1ccc(F)c(Cl)c1.CC(C)C1CC[C@]2(c3cccc(C#N)c3)CC2C1.CCCN1CCC1. The molecule has 1 N–H and O–H groups in total. The molecule has 0 bridgehead atoms. The van der Waals surface area contributed by atoms with Crippen molar-refractivity contribution in [2.45, 2.75) is 71.6 Å². The van der Waals surface area contributed by atoms with Gasteiger partial charge in [0.1, 0.15) is 5.82 Å². The third-order valence-electron chi connectivity index (χ3n) is 8.02. The van der Waals surface area contributed by atoms with Gasteiger partial charge in [-0.15, -0.1) is 0 Å². The molecule has 1 aliphatic heterocycles. The van der Waals surface area contributed by atoms with Crippen molar-refractivity contribution in [3.8, 4) is 6.07 Å². The van der Waals surface area contributed by atoms with Gasteiger partial charge in [0.25, 0.3) is 0 Å². The number of rotatable bonds is 5. The fourth-order valence-corrected chi connectivity index (χ4v) is 5.80. The van der Waals surface area contributed by atoms with Crippen LogP contribution in [0.1, 0.15) is 77.3 Å². The zero-order chi connectivity index (χ0) is 27.0. The van der Waals surface area contributed by atoms with Gasteiger partial charge in [0.05, 0.1) is 16.7 Å². The van der Waals surface area contributed by atoms with Gasteiger partial charge in [0.15, 0.2) is 0 Å². The number of fused-ring (bicyclic) bond motifs is 1. The molecular weight excluding hydrogens is 485 g/mol. The fourth-order valence-electron chi connectivity index (χ4n) is 5.62. The number of nitrogens with zero attached hydrogens (tertiary/aromatic N) is 2. The van der Waals surface area contributed by atoms with E-state index in [1.165, 1.54) is 88.8 Å². The Morgan fingerprint density at radius 3 is 2.54 bits per heavy atom. The highest BCUT2D eigenvalue weighted by Gasteiger charge is 2.57. The number of nitriles is 1.